The molecule has 0 aromatic rings. The Kier molecular flexibility index (Phi) is 2.97. The van der Waals surface area contributed by atoms with Crippen molar-refractivity contribution in [3.05, 3.63) is 0 Å². The Morgan fingerprint density at radius 1 is 1.12 bits per heavy atom. The largest absolute Gasteiger partial charge is 0.313 e. The van der Waals surface area contributed by atoms with E-state index in [1.807, 2.05) is 0 Å². The molecule has 3 saturated carbocycles. The summed E-state index contributed by atoms with van der Waals surface area (Å²) in [6.45, 7) is 2.63. The van der Waals surface area contributed by atoms with Crippen LogP contribution in [0.15, 0.2) is 0 Å². The molecule has 3 rings (SSSR count). The van der Waals surface area contributed by atoms with Gasteiger partial charge in [-0.1, -0.05) is 12.8 Å². The molecule has 0 aromatic heterocycles. The molecule has 3 fully saturated rings. The average molecular weight is 222 g/mol. The van der Waals surface area contributed by atoms with Gasteiger partial charge in [0.15, 0.2) is 0 Å². The first-order chi connectivity index (χ1) is 7.77. The molecule has 0 spiro atoms. The second-order valence-corrected chi connectivity index (χ2v) is 6.51. The third-order valence-electron chi connectivity index (χ3n) is 4.76. The third kappa shape index (κ3) is 2.60. The van der Waals surface area contributed by atoms with Crippen LogP contribution in [0.1, 0.15) is 51.4 Å². The smallest absolute Gasteiger partial charge is 0.00936 e. The summed E-state index contributed by atoms with van der Waals surface area (Å²) >= 11 is 0. The predicted molar refractivity (Wildman–Crippen MR) is 67.6 cm³/mol. The SMILES string of the molecule is CN(CC1(CNC2CC2)CCCC1)C1CC1. The fourth-order valence-corrected chi connectivity index (χ4v) is 3.34. The molecule has 0 aromatic carbocycles. The second-order valence-electron chi connectivity index (χ2n) is 6.51. The molecule has 92 valence electrons. The fraction of sp³-hybridized carbons (Fsp3) is 1.00. The molecule has 0 aliphatic heterocycles. The van der Waals surface area contributed by atoms with Crippen molar-refractivity contribution < 1.29 is 0 Å². The van der Waals surface area contributed by atoms with E-state index < -0.39 is 0 Å². The van der Waals surface area contributed by atoms with Gasteiger partial charge in [0.25, 0.3) is 0 Å². The quantitative estimate of drug-likeness (QED) is 0.742. The van der Waals surface area contributed by atoms with Gasteiger partial charge in [-0.15, -0.1) is 0 Å². The van der Waals surface area contributed by atoms with Gasteiger partial charge in [0, 0.05) is 25.2 Å². The molecule has 0 unspecified atom stereocenters. The number of nitrogens with zero attached hydrogens (tertiary/aromatic N) is 1. The summed E-state index contributed by atoms with van der Waals surface area (Å²) in [5, 5.41) is 3.78. The van der Waals surface area contributed by atoms with Crippen LogP contribution >= 0.6 is 0 Å². The van der Waals surface area contributed by atoms with E-state index >= 15 is 0 Å². The normalized spacial score (nSPS) is 28.9. The van der Waals surface area contributed by atoms with Gasteiger partial charge in [-0.05, 0) is 51.0 Å². The summed E-state index contributed by atoms with van der Waals surface area (Å²) in [6.07, 6.45) is 11.6. The van der Waals surface area contributed by atoms with E-state index in [4.69, 9.17) is 0 Å². The zero-order chi connectivity index (χ0) is 11.0. The Balaban J connectivity index is 1.54. The molecule has 2 nitrogen and oxygen atoms in total. The van der Waals surface area contributed by atoms with Crippen LogP contribution in [0.3, 0.4) is 0 Å². The number of hydrogen-bond acceptors (Lipinski definition) is 2. The van der Waals surface area contributed by atoms with Crippen molar-refractivity contribution in [2.24, 2.45) is 5.41 Å². The van der Waals surface area contributed by atoms with Gasteiger partial charge < -0.3 is 10.2 Å². The van der Waals surface area contributed by atoms with Gasteiger partial charge in [0.1, 0.15) is 0 Å². The molecular weight excluding hydrogens is 196 g/mol. The lowest BCUT2D eigenvalue weighted by Crippen LogP contribution is -2.42. The highest BCUT2D eigenvalue weighted by atomic mass is 15.2. The summed E-state index contributed by atoms with van der Waals surface area (Å²) < 4.78 is 0. The van der Waals surface area contributed by atoms with E-state index in [9.17, 15) is 0 Å². The first-order valence-electron chi connectivity index (χ1n) is 7.21. The van der Waals surface area contributed by atoms with Crippen LogP contribution < -0.4 is 5.32 Å². The van der Waals surface area contributed by atoms with Crippen molar-refractivity contribution in [2.75, 3.05) is 20.1 Å². The minimum Gasteiger partial charge on any atom is -0.313 e. The summed E-state index contributed by atoms with van der Waals surface area (Å²) in [6, 6.07) is 1.81. The first-order valence-corrected chi connectivity index (χ1v) is 7.21. The van der Waals surface area contributed by atoms with Crippen LogP contribution in [0, 0.1) is 5.41 Å². The number of rotatable bonds is 6. The van der Waals surface area contributed by atoms with Gasteiger partial charge in [-0.25, -0.2) is 0 Å². The molecule has 3 aliphatic carbocycles. The number of hydrogen-bond donors (Lipinski definition) is 1. The maximum Gasteiger partial charge on any atom is 0.00936 e. The zero-order valence-electron chi connectivity index (χ0n) is 10.7. The van der Waals surface area contributed by atoms with Crippen molar-refractivity contribution in [1.82, 2.24) is 10.2 Å². The van der Waals surface area contributed by atoms with Crippen molar-refractivity contribution in [3.8, 4) is 0 Å². The molecule has 0 saturated heterocycles. The molecule has 0 radical (unpaired) electrons. The van der Waals surface area contributed by atoms with Crippen LogP contribution in [0.5, 0.6) is 0 Å². The van der Waals surface area contributed by atoms with Crippen molar-refractivity contribution in [3.63, 3.8) is 0 Å². The maximum atomic E-state index is 3.78. The zero-order valence-corrected chi connectivity index (χ0v) is 10.7. The first kappa shape index (κ1) is 11.0. The van der Waals surface area contributed by atoms with Gasteiger partial charge in [0.05, 0.1) is 0 Å². The predicted octanol–water partition coefficient (Wildman–Crippen LogP) is 2.39. The molecule has 16 heavy (non-hydrogen) atoms. The van der Waals surface area contributed by atoms with E-state index in [1.54, 1.807) is 0 Å². The monoisotopic (exact) mass is 222 g/mol. The highest BCUT2D eigenvalue weighted by Crippen LogP contribution is 2.40. The molecule has 0 heterocycles. The van der Waals surface area contributed by atoms with Crippen molar-refractivity contribution in [2.45, 2.75) is 63.5 Å². The lowest BCUT2D eigenvalue weighted by Gasteiger charge is -2.34. The second kappa shape index (κ2) is 4.30. The van der Waals surface area contributed by atoms with Crippen molar-refractivity contribution in [1.29, 1.82) is 0 Å². The maximum absolute atomic E-state index is 3.78. The molecule has 3 aliphatic rings. The van der Waals surface area contributed by atoms with Crippen LogP contribution in [0.25, 0.3) is 0 Å². The van der Waals surface area contributed by atoms with Gasteiger partial charge in [0.2, 0.25) is 0 Å². The van der Waals surface area contributed by atoms with Crippen LogP contribution in [-0.2, 0) is 0 Å². The minimum atomic E-state index is 0.625. The van der Waals surface area contributed by atoms with Gasteiger partial charge in [-0.3, -0.25) is 0 Å². The van der Waals surface area contributed by atoms with E-state index in [0.29, 0.717) is 5.41 Å². The Bertz CT molecular complexity index is 237. The van der Waals surface area contributed by atoms with E-state index in [2.05, 4.69) is 17.3 Å². The molecular formula is C14H26N2. The topological polar surface area (TPSA) is 15.3 Å². The van der Waals surface area contributed by atoms with Gasteiger partial charge >= 0.3 is 0 Å². The van der Waals surface area contributed by atoms with E-state index in [-0.39, 0.29) is 0 Å². The highest BCUT2D eigenvalue weighted by molar-refractivity contribution is 4.94. The van der Waals surface area contributed by atoms with Crippen LogP contribution in [0.4, 0.5) is 0 Å². The van der Waals surface area contributed by atoms with Gasteiger partial charge in [-0.2, -0.15) is 0 Å². The summed E-state index contributed by atoms with van der Waals surface area (Å²) in [5.41, 5.74) is 0.625. The molecule has 1 N–H and O–H groups in total. The molecule has 0 bridgehead atoms. The Hall–Kier alpha value is -0.0800. The Labute approximate surface area is 99.8 Å². The van der Waals surface area contributed by atoms with Crippen LogP contribution in [-0.4, -0.2) is 37.1 Å². The van der Waals surface area contributed by atoms with E-state index in [0.717, 1.165) is 12.1 Å². The average Bonchev–Trinajstić information content (AvgIpc) is 3.16. The summed E-state index contributed by atoms with van der Waals surface area (Å²) in [7, 11) is 2.34. The molecule has 0 atom stereocenters. The standard InChI is InChI=1S/C14H26N2/c1-16(13-6-7-13)11-14(8-2-3-9-14)10-15-12-4-5-12/h12-13,15H,2-11H2,1H3. The lowest BCUT2D eigenvalue weighted by atomic mass is 9.85. The Morgan fingerprint density at radius 2 is 1.81 bits per heavy atom. The molecule has 2 heteroatoms. The highest BCUT2D eigenvalue weighted by Gasteiger charge is 2.39. The Morgan fingerprint density at radius 3 is 2.38 bits per heavy atom. The summed E-state index contributed by atoms with van der Waals surface area (Å²) in [4.78, 5) is 2.64. The minimum absolute atomic E-state index is 0.625. The molecule has 0 amide bonds. The fourth-order valence-electron chi connectivity index (χ4n) is 3.34. The van der Waals surface area contributed by atoms with Crippen LogP contribution in [0.2, 0.25) is 0 Å². The number of nitrogens with one attached hydrogen (secondary N) is 1. The van der Waals surface area contributed by atoms with E-state index in [1.165, 1.54) is 64.5 Å². The summed E-state index contributed by atoms with van der Waals surface area (Å²) in [5.74, 6) is 0. The lowest BCUT2D eigenvalue weighted by molar-refractivity contribution is 0.166. The van der Waals surface area contributed by atoms with Crippen molar-refractivity contribution >= 4 is 0 Å². The third-order valence-corrected chi connectivity index (χ3v) is 4.76.